The largest absolute Gasteiger partial charge is 0.491 e. The van der Waals surface area contributed by atoms with Crippen LogP contribution in [0.1, 0.15) is 32.6 Å². The van der Waals surface area contributed by atoms with Crippen LogP contribution in [0.5, 0.6) is 5.75 Å². The molecule has 0 N–H and O–H groups in total. The number of aryl methyl sites for hydroxylation is 1. The summed E-state index contributed by atoms with van der Waals surface area (Å²) in [6, 6.07) is 3.55. The van der Waals surface area contributed by atoms with Gasteiger partial charge in [-0.15, -0.1) is 0 Å². The lowest BCUT2D eigenvalue weighted by Crippen LogP contribution is -2.20. The van der Waals surface area contributed by atoms with Crippen molar-refractivity contribution in [2.45, 2.75) is 39.2 Å². The molecule has 15 heavy (non-hydrogen) atoms. The maximum absolute atomic E-state index is 11.7. The zero-order valence-electron chi connectivity index (χ0n) is 9.53. The first-order valence-corrected chi connectivity index (χ1v) is 5.53. The summed E-state index contributed by atoms with van der Waals surface area (Å²) in [5, 5.41) is 0. The molecule has 0 aliphatic carbocycles. The summed E-state index contributed by atoms with van der Waals surface area (Å²) in [6.45, 7) is 2.97. The van der Waals surface area contributed by atoms with Crippen molar-refractivity contribution in [1.29, 1.82) is 0 Å². The molecule has 84 valence electrons. The van der Waals surface area contributed by atoms with Crippen molar-refractivity contribution in [3.8, 4) is 5.75 Å². The predicted octanol–water partition coefficient (Wildman–Crippen LogP) is 2.44. The second-order valence-electron chi connectivity index (χ2n) is 3.64. The fourth-order valence-electron chi connectivity index (χ4n) is 1.56. The Labute approximate surface area is 90.7 Å². The number of ether oxygens (including phenoxy) is 1. The molecule has 1 aromatic heterocycles. The van der Waals surface area contributed by atoms with Crippen molar-refractivity contribution in [3.05, 3.63) is 28.7 Å². The fraction of sp³-hybridized carbons (Fsp3) is 0.583. The van der Waals surface area contributed by atoms with Crippen molar-refractivity contribution in [1.82, 2.24) is 4.57 Å². The molecule has 0 radical (unpaired) electrons. The van der Waals surface area contributed by atoms with Gasteiger partial charge in [-0.25, -0.2) is 0 Å². The lowest BCUT2D eigenvalue weighted by Gasteiger charge is -2.06. The lowest BCUT2D eigenvalue weighted by atomic mass is 10.2. The normalized spacial score (nSPS) is 10.3. The van der Waals surface area contributed by atoms with Crippen LogP contribution >= 0.6 is 0 Å². The number of hydrogen-bond donors (Lipinski definition) is 0. The van der Waals surface area contributed by atoms with Crippen molar-refractivity contribution in [2.24, 2.45) is 0 Å². The first-order chi connectivity index (χ1) is 7.29. The minimum Gasteiger partial charge on any atom is -0.491 e. The van der Waals surface area contributed by atoms with Crippen LogP contribution in [0.15, 0.2) is 23.1 Å². The Balaban J connectivity index is 2.57. The maximum Gasteiger partial charge on any atom is 0.292 e. The van der Waals surface area contributed by atoms with Gasteiger partial charge < -0.3 is 9.30 Å². The Hall–Kier alpha value is -1.25. The third kappa shape index (κ3) is 3.42. The molecule has 0 bridgehead atoms. The number of pyridine rings is 1. The van der Waals surface area contributed by atoms with E-state index in [0.717, 1.165) is 13.0 Å². The van der Waals surface area contributed by atoms with Crippen LogP contribution < -0.4 is 10.3 Å². The zero-order valence-corrected chi connectivity index (χ0v) is 9.53. The average molecular weight is 209 g/mol. The second-order valence-corrected chi connectivity index (χ2v) is 3.64. The Kier molecular flexibility index (Phi) is 4.95. The molecule has 0 aromatic carbocycles. The predicted molar refractivity (Wildman–Crippen MR) is 61.4 cm³/mol. The molecular weight excluding hydrogens is 190 g/mol. The number of aromatic nitrogens is 1. The Bertz CT molecular complexity index is 344. The van der Waals surface area contributed by atoms with E-state index in [-0.39, 0.29) is 5.56 Å². The smallest absolute Gasteiger partial charge is 0.292 e. The van der Waals surface area contributed by atoms with E-state index in [9.17, 15) is 4.79 Å². The third-order valence-corrected chi connectivity index (χ3v) is 2.46. The summed E-state index contributed by atoms with van der Waals surface area (Å²) >= 11 is 0. The first kappa shape index (κ1) is 11.8. The van der Waals surface area contributed by atoms with E-state index in [1.165, 1.54) is 26.4 Å². The van der Waals surface area contributed by atoms with Crippen LogP contribution in [0, 0.1) is 0 Å². The van der Waals surface area contributed by atoms with E-state index < -0.39 is 0 Å². The van der Waals surface area contributed by atoms with Crippen LogP contribution in [-0.2, 0) is 6.54 Å². The van der Waals surface area contributed by atoms with Gasteiger partial charge in [-0.3, -0.25) is 4.79 Å². The van der Waals surface area contributed by atoms with Crippen molar-refractivity contribution in [3.63, 3.8) is 0 Å². The monoisotopic (exact) mass is 209 g/mol. The molecule has 0 amide bonds. The van der Waals surface area contributed by atoms with Gasteiger partial charge in [0.15, 0.2) is 5.75 Å². The molecule has 1 rings (SSSR count). The van der Waals surface area contributed by atoms with Gasteiger partial charge in [-0.05, 0) is 18.6 Å². The molecule has 0 spiro atoms. The van der Waals surface area contributed by atoms with Gasteiger partial charge in [0.05, 0.1) is 7.11 Å². The van der Waals surface area contributed by atoms with Crippen LogP contribution in [-0.4, -0.2) is 11.7 Å². The molecule has 0 saturated carbocycles. The van der Waals surface area contributed by atoms with Gasteiger partial charge in [0.1, 0.15) is 0 Å². The molecule has 0 aliphatic heterocycles. The highest BCUT2D eigenvalue weighted by Gasteiger charge is 2.01. The van der Waals surface area contributed by atoms with Gasteiger partial charge in [0.2, 0.25) is 0 Å². The van der Waals surface area contributed by atoms with E-state index in [1.54, 1.807) is 10.6 Å². The quantitative estimate of drug-likeness (QED) is 0.674. The van der Waals surface area contributed by atoms with E-state index in [0.29, 0.717) is 5.75 Å². The minimum absolute atomic E-state index is 0.0310. The zero-order chi connectivity index (χ0) is 11.1. The Morgan fingerprint density at radius 2 is 2.13 bits per heavy atom. The van der Waals surface area contributed by atoms with Gasteiger partial charge in [-0.2, -0.15) is 0 Å². The van der Waals surface area contributed by atoms with E-state index in [2.05, 4.69) is 6.92 Å². The maximum atomic E-state index is 11.7. The van der Waals surface area contributed by atoms with Gasteiger partial charge in [0, 0.05) is 12.7 Å². The molecule has 0 aliphatic rings. The van der Waals surface area contributed by atoms with Crippen LogP contribution in [0.2, 0.25) is 0 Å². The standard InChI is InChI=1S/C12H19NO2/c1-3-4-5-6-9-13-10-7-8-11(15-2)12(13)14/h7-8,10H,3-6,9H2,1-2H3. The molecule has 3 nitrogen and oxygen atoms in total. The van der Waals surface area contributed by atoms with Gasteiger partial charge in [0.25, 0.3) is 5.56 Å². The third-order valence-electron chi connectivity index (χ3n) is 2.46. The highest BCUT2D eigenvalue weighted by atomic mass is 16.5. The van der Waals surface area contributed by atoms with E-state index >= 15 is 0 Å². The number of hydrogen-bond acceptors (Lipinski definition) is 2. The van der Waals surface area contributed by atoms with E-state index in [1.807, 2.05) is 12.3 Å². The van der Waals surface area contributed by atoms with Crippen LogP contribution in [0.25, 0.3) is 0 Å². The summed E-state index contributed by atoms with van der Waals surface area (Å²) in [5.41, 5.74) is -0.0310. The van der Waals surface area contributed by atoms with Crippen LogP contribution in [0.3, 0.4) is 0 Å². The van der Waals surface area contributed by atoms with Gasteiger partial charge >= 0.3 is 0 Å². The lowest BCUT2D eigenvalue weighted by molar-refractivity contribution is 0.401. The SMILES string of the molecule is CCCCCCn1cccc(OC)c1=O. The van der Waals surface area contributed by atoms with Crippen molar-refractivity contribution >= 4 is 0 Å². The molecule has 3 heteroatoms. The molecule has 0 saturated heterocycles. The molecular formula is C12H19NO2. The summed E-state index contributed by atoms with van der Waals surface area (Å²) < 4.78 is 6.70. The van der Waals surface area contributed by atoms with Gasteiger partial charge in [-0.1, -0.05) is 26.2 Å². The van der Waals surface area contributed by atoms with E-state index in [4.69, 9.17) is 4.74 Å². The molecule has 0 atom stereocenters. The molecule has 0 fully saturated rings. The molecule has 1 heterocycles. The number of methoxy groups -OCH3 is 1. The first-order valence-electron chi connectivity index (χ1n) is 5.53. The number of unbranched alkanes of at least 4 members (excludes halogenated alkanes) is 3. The molecule has 0 unspecified atom stereocenters. The summed E-state index contributed by atoms with van der Waals surface area (Å²) in [4.78, 5) is 11.7. The molecule has 1 aromatic rings. The van der Waals surface area contributed by atoms with Crippen LogP contribution in [0.4, 0.5) is 0 Å². The Morgan fingerprint density at radius 3 is 2.80 bits per heavy atom. The summed E-state index contributed by atoms with van der Waals surface area (Å²) in [5.74, 6) is 0.424. The fourth-order valence-corrected chi connectivity index (χ4v) is 1.56. The number of rotatable bonds is 6. The highest BCUT2D eigenvalue weighted by Crippen LogP contribution is 2.03. The average Bonchev–Trinajstić information content (AvgIpc) is 2.26. The highest BCUT2D eigenvalue weighted by molar-refractivity contribution is 5.16. The Morgan fingerprint density at radius 1 is 1.33 bits per heavy atom. The minimum atomic E-state index is -0.0310. The topological polar surface area (TPSA) is 31.2 Å². The second kappa shape index (κ2) is 6.27. The summed E-state index contributed by atoms with van der Waals surface area (Å²) in [7, 11) is 1.53. The summed E-state index contributed by atoms with van der Waals surface area (Å²) in [6.07, 6.45) is 6.50. The number of nitrogens with zero attached hydrogens (tertiary/aromatic N) is 1. The van der Waals surface area contributed by atoms with Crippen molar-refractivity contribution < 1.29 is 4.74 Å². The van der Waals surface area contributed by atoms with Crippen molar-refractivity contribution in [2.75, 3.05) is 7.11 Å².